The van der Waals surface area contributed by atoms with E-state index in [9.17, 15) is 9.90 Å². The van der Waals surface area contributed by atoms with Gasteiger partial charge in [-0.3, -0.25) is 4.79 Å². The van der Waals surface area contributed by atoms with Crippen molar-refractivity contribution in [2.24, 2.45) is 13.0 Å². The molecule has 1 unspecified atom stereocenters. The predicted octanol–water partition coefficient (Wildman–Crippen LogP) is 0.635. The molecule has 26 heavy (non-hydrogen) atoms. The molecule has 2 atom stereocenters. The molecular weight excluding hydrogens is 340 g/mol. The van der Waals surface area contributed by atoms with Gasteiger partial charge in [0.15, 0.2) is 0 Å². The maximum Gasteiger partial charge on any atom is 0.311 e. The zero-order valence-corrected chi connectivity index (χ0v) is 15.0. The topological polar surface area (TPSA) is 109 Å². The van der Waals surface area contributed by atoms with Crippen LogP contribution in [0.5, 0.6) is 5.75 Å². The van der Waals surface area contributed by atoms with Crippen molar-refractivity contribution >= 4 is 5.97 Å². The van der Waals surface area contributed by atoms with Crippen LogP contribution in [-0.2, 0) is 27.9 Å². The highest BCUT2D eigenvalue weighted by molar-refractivity contribution is 5.72. The number of hydrogen-bond donors (Lipinski definition) is 1. The van der Waals surface area contributed by atoms with Crippen LogP contribution >= 0.6 is 0 Å². The Labute approximate surface area is 150 Å². The fourth-order valence-corrected chi connectivity index (χ4v) is 2.95. The van der Waals surface area contributed by atoms with Gasteiger partial charge in [-0.05, 0) is 19.1 Å². The van der Waals surface area contributed by atoms with Crippen molar-refractivity contribution in [2.45, 2.75) is 26.1 Å². The summed E-state index contributed by atoms with van der Waals surface area (Å²) in [4.78, 5) is 16.2. The quantitative estimate of drug-likeness (QED) is 0.772. The molecule has 140 valence electrons. The van der Waals surface area contributed by atoms with Crippen LogP contribution in [0.1, 0.15) is 17.8 Å². The number of ether oxygens (including phenoxy) is 3. The van der Waals surface area contributed by atoms with Gasteiger partial charge in [0.25, 0.3) is 0 Å². The number of methoxy groups -OCH3 is 1. The third-order valence-corrected chi connectivity index (χ3v) is 4.37. The van der Waals surface area contributed by atoms with Crippen LogP contribution in [0.4, 0.5) is 0 Å². The predicted molar refractivity (Wildman–Crippen MR) is 90.3 cm³/mol. The highest BCUT2D eigenvalue weighted by Gasteiger charge is 2.30. The number of hydrogen-bond acceptors (Lipinski definition) is 8. The van der Waals surface area contributed by atoms with Gasteiger partial charge in [0.2, 0.25) is 0 Å². The SMILES string of the molecule is COC(=O)C1COC[C@@H](Oc2ccc(-c3nnn(C)c3CO)nc2C)C1. The Balaban J connectivity index is 1.75. The molecule has 1 aliphatic heterocycles. The molecule has 3 heterocycles. The lowest BCUT2D eigenvalue weighted by molar-refractivity contribution is -0.152. The van der Waals surface area contributed by atoms with E-state index in [2.05, 4.69) is 15.3 Å². The summed E-state index contributed by atoms with van der Waals surface area (Å²) >= 11 is 0. The van der Waals surface area contributed by atoms with Crippen molar-refractivity contribution in [1.29, 1.82) is 0 Å². The van der Waals surface area contributed by atoms with Crippen molar-refractivity contribution in [1.82, 2.24) is 20.0 Å². The standard InChI is InChI=1S/C17H22N4O5/c1-10-15(26-12-6-11(8-25-9-12)17(23)24-3)5-4-13(18-10)16-14(7-22)21(2)20-19-16/h4-5,11-12,22H,6-9H2,1-3H3/t11?,12-/m0/s1. The van der Waals surface area contributed by atoms with E-state index >= 15 is 0 Å². The summed E-state index contributed by atoms with van der Waals surface area (Å²) in [5, 5.41) is 17.5. The van der Waals surface area contributed by atoms with E-state index in [1.807, 2.05) is 6.92 Å². The number of nitrogens with zero attached hydrogens (tertiary/aromatic N) is 4. The van der Waals surface area contributed by atoms with E-state index in [-0.39, 0.29) is 24.6 Å². The summed E-state index contributed by atoms with van der Waals surface area (Å²) in [5.41, 5.74) is 2.42. The molecule has 2 aromatic rings. The summed E-state index contributed by atoms with van der Waals surface area (Å²) in [7, 11) is 3.08. The van der Waals surface area contributed by atoms with Gasteiger partial charge < -0.3 is 19.3 Å². The Morgan fingerprint density at radius 1 is 1.42 bits per heavy atom. The second kappa shape index (κ2) is 7.79. The molecule has 3 rings (SSSR count). The second-order valence-electron chi connectivity index (χ2n) is 6.18. The van der Waals surface area contributed by atoms with Crippen molar-refractivity contribution in [3.63, 3.8) is 0 Å². The number of aryl methyl sites for hydroxylation is 2. The van der Waals surface area contributed by atoms with Gasteiger partial charge in [-0.2, -0.15) is 0 Å². The zero-order valence-electron chi connectivity index (χ0n) is 15.0. The Morgan fingerprint density at radius 3 is 2.92 bits per heavy atom. The number of esters is 1. The first-order chi connectivity index (χ1) is 12.5. The Bertz CT molecular complexity index is 791. The number of aromatic nitrogens is 4. The first-order valence-corrected chi connectivity index (χ1v) is 8.33. The van der Waals surface area contributed by atoms with E-state index in [0.717, 1.165) is 0 Å². The maximum atomic E-state index is 11.7. The minimum Gasteiger partial charge on any atom is -0.486 e. The van der Waals surface area contributed by atoms with Gasteiger partial charge >= 0.3 is 5.97 Å². The maximum absolute atomic E-state index is 11.7. The van der Waals surface area contributed by atoms with Crippen molar-refractivity contribution in [3.8, 4) is 17.1 Å². The van der Waals surface area contributed by atoms with Crippen LogP contribution in [0.3, 0.4) is 0 Å². The normalized spacial score (nSPS) is 20.0. The molecule has 1 N–H and O–H groups in total. The highest BCUT2D eigenvalue weighted by atomic mass is 16.5. The molecule has 1 fully saturated rings. The molecule has 0 aliphatic carbocycles. The smallest absolute Gasteiger partial charge is 0.311 e. The molecule has 0 aromatic carbocycles. The zero-order chi connectivity index (χ0) is 18.7. The van der Waals surface area contributed by atoms with Gasteiger partial charge in [0, 0.05) is 13.5 Å². The molecule has 2 aromatic heterocycles. The molecule has 0 spiro atoms. The lowest BCUT2D eigenvalue weighted by Crippen LogP contribution is -2.37. The fraction of sp³-hybridized carbons (Fsp3) is 0.529. The molecule has 1 aliphatic rings. The van der Waals surface area contributed by atoms with Gasteiger partial charge in [0.05, 0.1) is 49.9 Å². The Hall–Kier alpha value is -2.52. The van der Waals surface area contributed by atoms with Crippen molar-refractivity contribution in [3.05, 3.63) is 23.5 Å². The summed E-state index contributed by atoms with van der Waals surface area (Å²) < 4.78 is 17.7. The average Bonchev–Trinajstić information content (AvgIpc) is 3.03. The largest absolute Gasteiger partial charge is 0.486 e. The van der Waals surface area contributed by atoms with Crippen LogP contribution in [0.25, 0.3) is 11.4 Å². The van der Waals surface area contributed by atoms with Crippen LogP contribution in [0.2, 0.25) is 0 Å². The number of rotatable bonds is 5. The van der Waals surface area contributed by atoms with E-state index in [0.29, 0.717) is 48.2 Å². The summed E-state index contributed by atoms with van der Waals surface area (Å²) in [6.07, 6.45) is 0.288. The molecule has 1 saturated heterocycles. The number of carbonyl (C=O) groups is 1. The van der Waals surface area contributed by atoms with Crippen LogP contribution in [-0.4, -0.2) is 57.5 Å². The Kier molecular flexibility index (Phi) is 5.48. The van der Waals surface area contributed by atoms with E-state index < -0.39 is 0 Å². The monoisotopic (exact) mass is 362 g/mol. The molecule has 0 saturated carbocycles. The van der Waals surface area contributed by atoms with Crippen LogP contribution in [0.15, 0.2) is 12.1 Å². The molecule has 0 bridgehead atoms. The second-order valence-corrected chi connectivity index (χ2v) is 6.18. The lowest BCUT2D eigenvalue weighted by atomic mass is 10.0. The minimum atomic E-state index is -0.321. The third kappa shape index (κ3) is 3.68. The third-order valence-electron chi connectivity index (χ3n) is 4.37. The first kappa shape index (κ1) is 18.3. The van der Waals surface area contributed by atoms with E-state index in [1.165, 1.54) is 11.8 Å². The Morgan fingerprint density at radius 2 is 2.23 bits per heavy atom. The number of aliphatic hydroxyl groups is 1. The summed E-state index contributed by atoms with van der Waals surface area (Å²) in [6.45, 7) is 2.41. The van der Waals surface area contributed by atoms with Crippen LogP contribution < -0.4 is 4.74 Å². The molecule has 0 radical (unpaired) electrons. The average molecular weight is 362 g/mol. The summed E-state index contributed by atoms with van der Waals surface area (Å²) in [6, 6.07) is 3.57. The molecule has 0 amide bonds. The first-order valence-electron chi connectivity index (χ1n) is 8.33. The van der Waals surface area contributed by atoms with Gasteiger partial charge in [-0.25, -0.2) is 9.67 Å². The number of carbonyl (C=O) groups excluding carboxylic acids is 1. The lowest BCUT2D eigenvalue weighted by Gasteiger charge is -2.28. The number of aliphatic hydroxyl groups excluding tert-OH is 1. The van der Waals surface area contributed by atoms with E-state index in [4.69, 9.17) is 14.2 Å². The molecular formula is C17H22N4O5. The van der Waals surface area contributed by atoms with Crippen LogP contribution in [0, 0.1) is 12.8 Å². The minimum absolute atomic E-state index is 0.174. The van der Waals surface area contributed by atoms with Crippen molar-refractivity contribution < 1.29 is 24.1 Å². The van der Waals surface area contributed by atoms with Gasteiger partial charge in [0.1, 0.15) is 17.5 Å². The summed E-state index contributed by atoms with van der Waals surface area (Å²) in [5.74, 6) is 0.00276. The fourth-order valence-electron chi connectivity index (χ4n) is 2.95. The van der Waals surface area contributed by atoms with E-state index in [1.54, 1.807) is 19.2 Å². The highest BCUT2D eigenvalue weighted by Crippen LogP contribution is 2.27. The van der Waals surface area contributed by atoms with Crippen molar-refractivity contribution in [2.75, 3.05) is 20.3 Å². The van der Waals surface area contributed by atoms with Gasteiger partial charge in [-0.15, -0.1) is 5.10 Å². The molecule has 9 heteroatoms. The van der Waals surface area contributed by atoms with Gasteiger partial charge in [-0.1, -0.05) is 5.21 Å². The molecule has 9 nitrogen and oxygen atoms in total. The number of pyridine rings is 1.